The zero-order valence-corrected chi connectivity index (χ0v) is 13.0. The number of hydrogen-bond donors (Lipinski definition) is 3. The lowest BCUT2D eigenvalue weighted by Crippen LogP contribution is -2.33. The summed E-state index contributed by atoms with van der Waals surface area (Å²) in [5.41, 5.74) is -0.0173. The number of aromatic nitrogens is 1. The number of unbranched alkanes of at least 4 members (excludes halogenated alkanes) is 1. The quantitative estimate of drug-likeness (QED) is 0.599. The predicted octanol–water partition coefficient (Wildman–Crippen LogP) is -0.337. The second-order valence-electron chi connectivity index (χ2n) is 4.51. The molecule has 8 nitrogen and oxygen atoms in total. The van der Waals surface area contributed by atoms with E-state index in [1.165, 1.54) is 18.3 Å². The molecule has 1 rings (SSSR count). The van der Waals surface area contributed by atoms with Gasteiger partial charge >= 0.3 is 0 Å². The third kappa shape index (κ3) is 5.78. The summed E-state index contributed by atoms with van der Waals surface area (Å²) >= 11 is 0. The molecule has 1 heterocycles. The van der Waals surface area contributed by atoms with Crippen LogP contribution in [0.5, 0.6) is 0 Å². The van der Waals surface area contributed by atoms with Gasteiger partial charge in [-0.05, 0) is 18.6 Å². The highest BCUT2D eigenvalue weighted by Gasteiger charge is 2.17. The second kappa shape index (κ2) is 8.44. The fourth-order valence-electron chi connectivity index (χ4n) is 1.54. The zero-order chi connectivity index (χ0) is 16.6. The van der Waals surface area contributed by atoms with Crippen molar-refractivity contribution in [3.8, 4) is 0 Å². The average molecular weight is 329 g/mol. The topological polar surface area (TPSA) is 125 Å². The molecule has 0 saturated carbocycles. The van der Waals surface area contributed by atoms with Gasteiger partial charge in [0.1, 0.15) is 5.69 Å². The molecule has 3 N–H and O–H groups in total. The molecule has 0 aliphatic rings. The van der Waals surface area contributed by atoms with Crippen LogP contribution in [0, 0.1) is 0 Å². The fourth-order valence-corrected chi connectivity index (χ4v) is 2.71. The van der Waals surface area contributed by atoms with Gasteiger partial charge < -0.3 is 10.4 Å². The number of hydrogen-bond acceptors (Lipinski definition) is 6. The van der Waals surface area contributed by atoms with Crippen molar-refractivity contribution in [1.29, 1.82) is 0 Å². The maximum Gasteiger partial charge on any atom is 0.269 e. The van der Waals surface area contributed by atoms with Crippen LogP contribution in [0.25, 0.3) is 0 Å². The summed E-state index contributed by atoms with van der Waals surface area (Å²) in [5, 5.41) is 11.0. The van der Waals surface area contributed by atoms with Crippen molar-refractivity contribution >= 4 is 21.8 Å². The molecule has 0 bridgehead atoms. The van der Waals surface area contributed by atoms with E-state index >= 15 is 0 Å². The summed E-state index contributed by atoms with van der Waals surface area (Å²) in [6.45, 7) is 1.68. The van der Waals surface area contributed by atoms with Crippen LogP contribution in [0.4, 0.5) is 0 Å². The summed E-state index contributed by atoms with van der Waals surface area (Å²) in [6, 6.07) is 2.50. The number of carbonyl (C=O) groups is 2. The van der Waals surface area contributed by atoms with Gasteiger partial charge in [-0.1, -0.05) is 13.3 Å². The van der Waals surface area contributed by atoms with Crippen molar-refractivity contribution in [3.63, 3.8) is 0 Å². The Hall–Kier alpha value is -2.00. The Morgan fingerprint density at radius 3 is 2.68 bits per heavy atom. The highest BCUT2D eigenvalue weighted by atomic mass is 32.2. The van der Waals surface area contributed by atoms with E-state index in [4.69, 9.17) is 5.11 Å². The van der Waals surface area contributed by atoms with Crippen molar-refractivity contribution < 1.29 is 23.1 Å². The van der Waals surface area contributed by atoms with Gasteiger partial charge in [-0.25, -0.2) is 13.1 Å². The molecule has 2 amide bonds. The van der Waals surface area contributed by atoms with Crippen molar-refractivity contribution in [3.05, 3.63) is 29.6 Å². The monoisotopic (exact) mass is 329 g/mol. The third-order valence-electron chi connectivity index (χ3n) is 2.67. The van der Waals surface area contributed by atoms with Gasteiger partial charge in [0.2, 0.25) is 10.0 Å². The number of amides is 2. The van der Waals surface area contributed by atoms with E-state index < -0.39 is 21.8 Å². The smallest absolute Gasteiger partial charge is 0.269 e. The maximum absolute atomic E-state index is 11.9. The van der Waals surface area contributed by atoms with Crippen LogP contribution in [-0.4, -0.2) is 49.2 Å². The molecule has 0 fully saturated rings. The Bertz CT molecular complexity index is 630. The van der Waals surface area contributed by atoms with Gasteiger partial charge in [-0.15, -0.1) is 0 Å². The number of carbonyl (C=O) groups excluding carboxylic acids is 2. The summed E-state index contributed by atoms with van der Waals surface area (Å²) in [6.07, 6.45) is 2.38. The van der Waals surface area contributed by atoms with Crippen LogP contribution in [0.1, 0.15) is 40.6 Å². The molecule has 0 atom stereocenters. The number of rotatable bonds is 8. The lowest BCUT2D eigenvalue weighted by Gasteiger charge is -2.07. The normalized spacial score (nSPS) is 11.0. The van der Waals surface area contributed by atoms with Gasteiger partial charge in [0, 0.05) is 18.3 Å². The number of aliphatic hydroxyl groups is 1. The van der Waals surface area contributed by atoms with Crippen LogP contribution >= 0.6 is 0 Å². The summed E-state index contributed by atoms with van der Waals surface area (Å²) < 4.78 is 25.3. The standard InChI is InChI=1S/C13H19N3O5S/c1-2-3-8-22(20,21)16-12(18)10-4-5-14-11(9-10)13(19)15-6-7-17/h4-5,9,17H,2-3,6-8H2,1H3,(H,15,19)(H,16,18). The molecule has 0 spiro atoms. The van der Waals surface area contributed by atoms with E-state index in [0.717, 1.165) is 0 Å². The average Bonchev–Trinajstić information content (AvgIpc) is 2.50. The molecule has 0 radical (unpaired) electrons. The highest BCUT2D eigenvalue weighted by molar-refractivity contribution is 7.90. The third-order valence-corrected chi connectivity index (χ3v) is 3.99. The summed E-state index contributed by atoms with van der Waals surface area (Å²) in [5.74, 6) is -1.50. The zero-order valence-electron chi connectivity index (χ0n) is 12.2. The molecule has 0 aromatic carbocycles. The van der Waals surface area contributed by atoms with E-state index in [1.807, 2.05) is 11.6 Å². The highest BCUT2D eigenvalue weighted by Crippen LogP contribution is 2.04. The van der Waals surface area contributed by atoms with Crippen molar-refractivity contribution in [2.75, 3.05) is 18.9 Å². The molecule has 1 aromatic rings. The molecule has 0 aliphatic carbocycles. The van der Waals surface area contributed by atoms with Gasteiger partial charge in [-0.3, -0.25) is 14.6 Å². The minimum absolute atomic E-state index is 0.0178. The Labute approximate surface area is 129 Å². The fraction of sp³-hybridized carbons (Fsp3) is 0.462. The molecule has 0 saturated heterocycles. The Morgan fingerprint density at radius 1 is 1.32 bits per heavy atom. The summed E-state index contributed by atoms with van der Waals surface area (Å²) in [4.78, 5) is 27.4. The van der Waals surface area contributed by atoms with E-state index in [2.05, 4.69) is 10.3 Å². The second-order valence-corrected chi connectivity index (χ2v) is 6.35. The number of pyridine rings is 1. The number of sulfonamides is 1. The van der Waals surface area contributed by atoms with Crippen LogP contribution in [-0.2, 0) is 10.0 Å². The lowest BCUT2D eigenvalue weighted by atomic mass is 10.2. The Balaban J connectivity index is 2.80. The SMILES string of the molecule is CCCCS(=O)(=O)NC(=O)c1ccnc(C(=O)NCCO)c1. The van der Waals surface area contributed by atoms with E-state index in [0.29, 0.717) is 12.8 Å². The molecule has 22 heavy (non-hydrogen) atoms. The molecule has 0 unspecified atom stereocenters. The first-order valence-corrected chi connectivity index (χ1v) is 8.44. The molecule has 122 valence electrons. The van der Waals surface area contributed by atoms with Crippen molar-refractivity contribution in [2.24, 2.45) is 0 Å². The van der Waals surface area contributed by atoms with Crippen LogP contribution in [0.15, 0.2) is 18.3 Å². The minimum Gasteiger partial charge on any atom is -0.395 e. The molecular formula is C13H19N3O5S. The Morgan fingerprint density at radius 2 is 2.05 bits per heavy atom. The van der Waals surface area contributed by atoms with Crippen molar-refractivity contribution in [1.82, 2.24) is 15.0 Å². The number of nitrogens with zero attached hydrogens (tertiary/aromatic N) is 1. The van der Waals surface area contributed by atoms with E-state index in [9.17, 15) is 18.0 Å². The van der Waals surface area contributed by atoms with Crippen LogP contribution in [0.3, 0.4) is 0 Å². The first kappa shape index (κ1) is 18.1. The van der Waals surface area contributed by atoms with Gasteiger partial charge in [0.25, 0.3) is 11.8 Å². The number of aliphatic hydroxyl groups excluding tert-OH is 1. The van der Waals surface area contributed by atoms with E-state index in [-0.39, 0.29) is 30.2 Å². The Kier molecular flexibility index (Phi) is 6.93. The lowest BCUT2D eigenvalue weighted by molar-refractivity contribution is 0.0940. The van der Waals surface area contributed by atoms with Crippen molar-refractivity contribution in [2.45, 2.75) is 19.8 Å². The van der Waals surface area contributed by atoms with Crippen LogP contribution < -0.4 is 10.0 Å². The van der Waals surface area contributed by atoms with Gasteiger partial charge in [-0.2, -0.15) is 0 Å². The van der Waals surface area contributed by atoms with Gasteiger partial charge in [0.15, 0.2) is 0 Å². The minimum atomic E-state index is -3.69. The largest absolute Gasteiger partial charge is 0.395 e. The summed E-state index contributed by atoms with van der Waals surface area (Å²) in [7, 11) is -3.69. The first-order valence-electron chi connectivity index (χ1n) is 6.79. The molecular weight excluding hydrogens is 310 g/mol. The van der Waals surface area contributed by atoms with E-state index in [1.54, 1.807) is 0 Å². The molecule has 1 aromatic heterocycles. The van der Waals surface area contributed by atoms with Gasteiger partial charge in [0.05, 0.1) is 12.4 Å². The molecule has 0 aliphatic heterocycles. The maximum atomic E-state index is 11.9. The number of nitrogens with one attached hydrogen (secondary N) is 2. The first-order chi connectivity index (χ1) is 10.4. The van der Waals surface area contributed by atoms with Crippen LogP contribution in [0.2, 0.25) is 0 Å². The predicted molar refractivity (Wildman–Crippen MR) is 79.8 cm³/mol. The molecule has 9 heteroatoms.